The number of halogens is 1. The van der Waals surface area contributed by atoms with Crippen LogP contribution < -0.4 is 0 Å². The first-order chi connectivity index (χ1) is 16.5. The molecule has 1 aliphatic rings. The third-order valence-corrected chi connectivity index (χ3v) is 6.28. The van der Waals surface area contributed by atoms with Gasteiger partial charge in [0.2, 0.25) is 5.82 Å². The number of aromatic nitrogens is 4. The van der Waals surface area contributed by atoms with Gasteiger partial charge in [-0.05, 0) is 62.0 Å². The summed E-state index contributed by atoms with van der Waals surface area (Å²) in [6, 6.07) is 16.9. The molecule has 0 bridgehead atoms. The van der Waals surface area contributed by atoms with Crippen LogP contribution in [0.15, 0.2) is 59.1 Å². The molecule has 2 aromatic carbocycles. The number of carbonyl (C=O) groups excluding carboxylic acids is 1. The SMILES string of the molecule is Cc1cc(-c2nc(-c3ccc(Cl)cc3)no2)nn1Cc1cccc(C(=O)N2CCN(C)CC2)c1. The molecule has 0 N–H and O–H groups in total. The minimum atomic E-state index is 0.0772. The fraction of sp³-hybridized carbons (Fsp3) is 0.280. The van der Waals surface area contributed by atoms with Crippen molar-refractivity contribution in [2.45, 2.75) is 13.5 Å². The Balaban J connectivity index is 1.32. The third kappa shape index (κ3) is 4.73. The lowest BCUT2D eigenvalue weighted by Crippen LogP contribution is -2.47. The van der Waals surface area contributed by atoms with Gasteiger partial charge in [-0.25, -0.2) is 0 Å². The predicted molar refractivity (Wildman–Crippen MR) is 130 cm³/mol. The van der Waals surface area contributed by atoms with E-state index < -0.39 is 0 Å². The number of aryl methyl sites for hydroxylation is 1. The van der Waals surface area contributed by atoms with Crippen LogP contribution in [-0.2, 0) is 6.54 Å². The van der Waals surface area contributed by atoms with Crippen molar-refractivity contribution in [1.82, 2.24) is 29.7 Å². The predicted octanol–water partition coefficient (Wildman–Crippen LogP) is 4.00. The van der Waals surface area contributed by atoms with E-state index >= 15 is 0 Å². The number of nitrogens with zero attached hydrogens (tertiary/aromatic N) is 6. The van der Waals surface area contributed by atoms with E-state index in [1.54, 1.807) is 12.1 Å². The van der Waals surface area contributed by atoms with Crippen LogP contribution in [0.1, 0.15) is 21.6 Å². The zero-order valence-corrected chi connectivity index (χ0v) is 19.9. The molecule has 174 valence electrons. The highest BCUT2D eigenvalue weighted by Crippen LogP contribution is 2.23. The van der Waals surface area contributed by atoms with Crippen molar-refractivity contribution in [3.05, 3.63) is 76.4 Å². The van der Waals surface area contributed by atoms with Gasteiger partial charge in [-0.3, -0.25) is 9.48 Å². The Hall–Kier alpha value is -3.49. The molecule has 0 radical (unpaired) electrons. The second-order valence-electron chi connectivity index (χ2n) is 8.55. The van der Waals surface area contributed by atoms with E-state index in [1.165, 1.54) is 0 Å². The van der Waals surface area contributed by atoms with E-state index in [0.29, 0.717) is 34.5 Å². The van der Waals surface area contributed by atoms with Crippen molar-refractivity contribution >= 4 is 17.5 Å². The standard InChI is InChI=1S/C25H25ClN6O2/c1-17-14-22(24-27-23(29-34-24)19-6-8-21(26)9-7-19)28-32(17)16-18-4-3-5-20(15-18)25(33)31-12-10-30(2)11-13-31/h3-9,14-15H,10-13,16H2,1-2H3. The molecule has 1 saturated heterocycles. The maximum atomic E-state index is 13.0. The topological polar surface area (TPSA) is 80.3 Å². The van der Waals surface area contributed by atoms with Crippen molar-refractivity contribution in [1.29, 1.82) is 0 Å². The van der Waals surface area contributed by atoms with Gasteiger partial charge in [-0.15, -0.1) is 0 Å². The van der Waals surface area contributed by atoms with Crippen molar-refractivity contribution < 1.29 is 9.32 Å². The Kier molecular flexibility index (Phi) is 6.17. The Morgan fingerprint density at radius 3 is 2.59 bits per heavy atom. The Morgan fingerprint density at radius 2 is 1.82 bits per heavy atom. The molecule has 8 nitrogen and oxygen atoms in total. The van der Waals surface area contributed by atoms with E-state index in [-0.39, 0.29) is 5.91 Å². The zero-order chi connectivity index (χ0) is 23.7. The summed E-state index contributed by atoms with van der Waals surface area (Å²) >= 11 is 5.96. The molecular weight excluding hydrogens is 452 g/mol. The summed E-state index contributed by atoms with van der Waals surface area (Å²) < 4.78 is 7.33. The lowest BCUT2D eigenvalue weighted by molar-refractivity contribution is 0.0664. The highest BCUT2D eigenvalue weighted by Gasteiger charge is 2.21. The average Bonchev–Trinajstić information content (AvgIpc) is 3.47. The normalized spacial score (nSPS) is 14.5. The molecule has 34 heavy (non-hydrogen) atoms. The first-order valence-electron chi connectivity index (χ1n) is 11.2. The maximum absolute atomic E-state index is 13.0. The van der Waals surface area contributed by atoms with Crippen molar-refractivity contribution in [3.8, 4) is 23.0 Å². The molecule has 0 aliphatic carbocycles. The van der Waals surface area contributed by atoms with E-state index in [2.05, 4.69) is 27.2 Å². The van der Waals surface area contributed by atoms with E-state index in [0.717, 1.165) is 43.0 Å². The number of carbonyl (C=O) groups is 1. The largest absolute Gasteiger partial charge is 0.336 e. The summed E-state index contributed by atoms with van der Waals surface area (Å²) in [5.74, 6) is 0.910. The van der Waals surface area contributed by atoms with Crippen LogP contribution in [0.5, 0.6) is 0 Å². The number of benzene rings is 2. The lowest BCUT2D eigenvalue weighted by Gasteiger charge is -2.32. The van der Waals surface area contributed by atoms with Gasteiger partial charge in [0.05, 0.1) is 6.54 Å². The Labute approximate surface area is 202 Å². The van der Waals surface area contributed by atoms with E-state index in [1.807, 2.05) is 59.0 Å². The van der Waals surface area contributed by atoms with E-state index in [4.69, 9.17) is 16.1 Å². The molecule has 0 saturated carbocycles. The van der Waals surface area contributed by atoms with Crippen LogP contribution in [0, 0.1) is 6.92 Å². The van der Waals surface area contributed by atoms with Crippen LogP contribution in [0.2, 0.25) is 5.02 Å². The maximum Gasteiger partial charge on any atom is 0.278 e. The molecular formula is C25H25ClN6O2. The van der Waals surface area contributed by atoms with Crippen LogP contribution >= 0.6 is 11.6 Å². The van der Waals surface area contributed by atoms with Crippen molar-refractivity contribution in [2.24, 2.45) is 0 Å². The second-order valence-corrected chi connectivity index (χ2v) is 8.99. The number of piperazine rings is 1. The summed E-state index contributed by atoms with van der Waals surface area (Å²) in [5.41, 5.74) is 4.09. The Morgan fingerprint density at radius 1 is 1.06 bits per heavy atom. The lowest BCUT2D eigenvalue weighted by atomic mass is 10.1. The fourth-order valence-corrected chi connectivity index (χ4v) is 4.11. The molecule has 2 aromatic heterocycles. The van der Waals surface area contributed by atoms with Crippen LogP contribution in [0.25, 0.3) is 23.0 Å². The number of likely N-dealkylation sites (N-methyl/N-ethyl adjacent to an activating group) is 1. The van der Waals surface area contributed by atoms with Crippen LogP contribution in [0.4, 0.5) is 0 Å². The molecule has 4 aromatic rings. The molecule has 0 atom stereocenters. The van der Waals surface area contributed by atoms with Gasteiger partial charge in [-0.2, -0.15) is 10.1 Å². The van der Waals surface area contributed by atoms with Gasteiger partial charge in [0.25, 0.3) is 11.8 Å². The zero-order valence-electron chi connectivity index (χ0n) is 19.1. The summed E-state index contributed by atoms with van der Waals surface area (Å²) in [7, 11) is 2.08. The Bertz CT molecular complexity index is 1310. The molecule has 1 aliphatic heterocycles. The van der Waals surface area contributed by atoms with Gasteiger partial charge < -0.3 is 14.3 Å². The average molecular weight is 477 g/mol. The molecule has 9 heteroatoms. The van der Waals surface area contributed by atoms with Crippen LogP contribution in [0.3, 0.4) is 0 Å². The highest BCUT2D eigenvalue weighted by atomic mass is 35.5. The van der Waals surface area contributed by atoms with Crippen molar-refractivity contribution in [3.63, 3.8) is 0 Å². The first-order valence-corrected chi connectivity index (χ1v) is 11.6. The van der Waals surface area contributed by atoms with Gasteiger partial charge in [0, 0.05) is 48.0 Å². The van der Waals surface area contributed by atoms with Crippen LogP contribution in [-0.4, -0.2) is 68.9 Å². The van der Waals surface area contributed by atoms with Gasteiger partial charge >= 0.3 is 0 Å². The summed E-state index contributed by atoms with van der Waals surface area (Å²) in [4.78, 5) is 21.6. The van der Waals surface area contributed by atoms with E-state index in [9.17, 15) is 4.79 Å². The second kappa shape index (κ2) is 9.40. The minimum Gasteiger partial charge on any atom is -0.336 e. The third-order valence-electron chi connectivity index (χ3n) is 6.03. The number of rotatable bonds is 5. The fourth-order valence-electron chi connectivity index (χ4n) is 3.99. The summed E-state index contributed by atoms with van der Waals surface area (Å²) in [6.45, 7) is 5.82. The highest BCUT2D eigenvalue weighted by molar-refractivity contribution is 6.30. The quantitative estimate of drug-likeness (QED) is 0.433. The smallest absolute Gasteiger partial charge is 0.278 e. The molecule has 0 spiro atoms. The minimum absolute atomic E-state index is 0.0772. The summed E-state index contributed by atoms with van der Waals surface area (Å²) in [5, 5.41) is 9.39. The van der Waals surface area contributed by atoms with Gasteiger partial charge in [0.1, 0.15) is 0 Å². The molecule has 3 heterocycles. The summed E-state index contributed by atoms with van der Waals surface area (Å²) in [6.07, 6.45) is 0. The molecule has 0 unspecified atom stereocenters. The van der Waals surface area contributed by atoms with Gasteiger partial charge in [0.15, 0.2) is 5.69 Å². The monoisotopic (exact) mass is 476 g/mol. The molecule has 5 rings (SSSR count). The molecule has 1 amide bonds. The number of hydrogen-bond donors (Lipinski definition) is 0. The van der Waals surface area contributed by atoms with Gasteiger partial charge in [-0.1, -0.05) is 28.9 Å². The van der Waals surface area contributed by atoms with Crippen molar-refractivity contribution in [2.75, 3.05) is 33.2 Å². The number of amides is 1. The molecule has 1 fully saturated rings. The first kappa shape index (κ1) is 22.3. The number of hydrogen-bond acceptors (Lipinski definition) is 6.